The fraction of sp³-hybridized carbons (Fsp3) is 0.500. The second-order valence-corrected chi connectivity index (χ2v) is 2.14. The van der Waals surface area contributed by atoms with Gasteiger partial charge in [-0.1, -0.05) is 24.3 Å². The summed E-state index contributed by atoms with van der Waals surface area (Å²) in [5.74, 6) is 0. The van der Waals surface area contributed by atoms with Crippen molar-refractivity contribution in [1.82, 2.24) is 0 Å². The third-order valence-corrected chi connectivity index (χ3v) is 1.37. The number of halogens is 3. The molecule has 0 atom stereocenters. The Morgan fingerprint density at radius 2 is 1.00 bits per heavy atom. The van der Waals surface area contributed by atoms with E-state index in [1.807, 2.05) is 0 Å². The number of allylic oxidation sites excluding steroid dienone is 4. The van der Waals surface area contributed by atoms with Gasteiger partial charge in [0.2, 0.25) is 0 Å². The van der Waals surface area contributed by atoms with Gasteiger partial charge >= 0.3 is 19.5 Å². The van der Waals surface area contributed by atoms with Gasteiger partial charge in [0, 0.05) is 0 Å². The molecule has 1 aliphatic rings. The molecule has 74 valence electrons. The van der Waals surface area contributed by atoms with Gasteiger partial charge in [-0.2, -0.15) is 0 Å². The van der Waals surface area contributed by atoms with E-state index in [4.69, 9.17) is 0 Å². The van der Waals surface area contributed by atoms with Crippen LogP contribution in [0.1, 0.15) is 25.7 Å². The van der Waals surface area contributed by atoms with Crippen molar-refractivity contribution in [2.75, 3.05) is 0 Å². The Morgan fingerprint density at radius 3 is 1.33 bits per heavy atom. The van der Waals surface area contributed by atoms with Gasteiger partial charge in [0.1, 0.15) is 0 Å². The van der Waals surface area contributed by atoms with Crippen molar-refractivity contribution >= 4 is 0 Å². The van der Waals surface area contributed by atoms with Gasteiger partial charge < -0.3 is 37.2 Å². The van der Waals surface area contributed by atoms with Crippen LogP contribution in [-0.4, -0.2) is 0 Å². The number of hydrogen-bond acceptors (Lipinski definition) is 0. The second-order valence-electron chi connectivity index (χ2n) is 2.14. The smallest absolute Gasteiger partial charge is 1.00 e. The first kappa shape index (κ1) is 23.1. The molecule has 1 rings (SSSR count). The zero-order valence-electron chi connectivity index (χ0n) is 6.61. The summed E-state index contributed by atoms with van der Waals surface area (Å²) < 4.78 is 0. The first-order chi connectivity index (χ1) is 4.00. The molecule has 0 unspecified atom stereocenters. The molecule has 0 nitrogen and oxygen atoms in total. The summed E-state index contributed by atoms with van der Waals surface area (Å²) in [6.45, 7) is 0. The fourth-order valence-electron chi connectivity index (χ4n) is 0.874. The van der Waals surface area contributed by atoms with Crippen molar-refractivity contribution in [2.24, 2.45) is 0 Å². The van der Waals surface area contributed by atoms with E-state index in [-0.39, 0.29) is 56.7 Å². The Bertz CT molecular complexity index is 98.9. The van der Waals surface area contributed by atoms with Crippen molar-refractivity contribution in [3.05, 3.63) is 24.3 Å². The summed E-state index contributed by atoms with van der Waals surface area (Å²) in [6, 6.07) is 0. The molecule has 0 aromatic rings. The Hall–Kier alpha value is 0.973. The Kier molecular flexibility index (Phi) is 34.5. The van der Waals surface area contributed by atoms with E-state index in [2.05, 4.69) is 24.3 Å². The van der Waals surface area contributed by atoms with Gasteiger partial charge in [0.15, 0.2) is 0 Å². The van der Waals surface area contributed by atoms with Crippen LogP contribution in [0.3, 0.4) is 0 Å². The molecule has 0 saturated carbocycles. The van der Waals surface area contributed by atoms with Crippen molar-refractivity contribution in [2.45, 2.75) is 25.7 Å². The topological polar surface area (TPSA) is 0 Å². The molecule has 0 radical (unpaired) electrons. The minimum absolute atomic E-state index is 0. The molecule has 0 aliphatic heterocycles. The molecule has 12 heavy (non-hydrogen) atoms. The van der Waals surface area contributed by atoms with Crippen LogP contribution in [0.15, 0.2) is 24.3 Å². The summed E-state index contributed by atoms with van der Waals surface area (Å²) in [5, 5.41) is 0. The van der Waals surface area contributed by atoms with Gasteiger partial charge in [-0.3, -0.25) is 0 Å². The Morgan fingerprint density at radius 1 is 0.667 bits per heavy atom. The zero-order chi connectivity index (χ0) is 5.66. The van der Waals surface area contributed by atoms with Crippen LogP contribution in [-0.2, 0) is 19.5 Å². The average molecular weight is 317 g/mol. The molecule has 0 bridgehead atoms. The van der Waals surface area contributed by atoms with Crippen molar-refractivity contribution < 1.29 is 56.7 Å². The van der Waals surface area contributed by atoms with E-state index in [1.54, 1.807) is 0 Å². The molecule has 4 heteroatoms. The maximum Gasteiger partial charge on any atom is 3.00 e. The van der Waals surface area contributed by atoms with E-state index in [0.29, 0.717) is 0 Å². The maximum absolute atomic E-state index is 2.23. The van der Waals surface area contributed by atoms with Crippen LogP contribution in [0.2, 0.25) is 0 Å². The van der Waals surface area contributed by atoms with E-state index < -0.39 is 0 Å². The third kappa shape index (κ3) is 13.6. The van der Waals surface area contributed by atoms with Crippen LogP contribution < -0.4 is 37.2 Å². The van der Waals surface area contributed by atoms with Gasteiger partial charge in [-0.15, -0.1) is 0 Å². The van der Waals surface area contributed by atoms with Crippen molar-refractivity contribution in [1.29, 1.82) is 0 Å². The first-order valence-electron chi connectivity index (χ1n) is 3.32. The van der Waals surface area contributed by atoms with Crippen LogP contribution in [0.4, 0.5) is 0 Å². The minimum Gasteiger partial charge on any atom is -1.00 e. The molecule has 0 aromatic carbocycles. The molecule has 0 spiro atoms. The summed E-state index contributed by atoms with van der Waals surface area (Å²) in [6.07, 6.45) is 14.0. The number of hydrogen-bond donors (Lipinski definition) is 0. The molecule has 0 N–H and O–H groups in total. The van der Waals surface area contributed by atoms with Gasteiger partial charge in [-0.05, 0) is 25.7 Å². The van der Waals surface area contributed by atoms with E-state index in [0.717, 1.165) is 0 Å². The quantitative estimate of drug-likeness (QED) is 0.390. The maximum atomic E-state index is 2.23. The SMILES string of the molecule is C1=CCCCCC=C1.[Cl-].[Cl-].[Cl-].[Rh+3]. The van der Waals surface area contributed by atoms with Crippen molar-refractivity contribution in [3.63, 3.8) is 0 Å². The summed E-state index contributed by atoms with van der Waals surface area (Å²) >= 11 is 0. The monoisotopic (exact) mass is 316 g/mol. The Balaban J connectivity index is -0.0000000800. The summed E-state index contributed by atoms with van der Waals surface area (Å²) in [5.41, 5.74) is 0. The van der Waals surface area contributed by atoms with E-state index in [1.165, 1.54) is 25.7 Å². The van der Waals surface area contributed by atoms with Crippen LogP contribution in [0.5, 0.6) is 0 Å². The molecule has 0 saturated heterocycles. The predicted molar refractivity (Wildman–Crippen MR) is 36.7 cm³/mol. The van der Waals surface area contributed by atoms with E-state index in [9.17, 15) is 0 Å². The molecule has 0 fully saturated rings. The van der Waals surface area contributed by atoms with Crippen molar-refractivity contribution in [3.8, 4) is 0 Å². The van der Waals surface area contributed by atoms with Crippen LogP contribution >= 0.6 is 0 Å². The van der Waals surface area contributed by atoms with Gasteiger partial charge in [-0.25, -0.2) is 0 Å². The molecule has 1 aliphatic carbocycles. The Labute approximate surface area is 106 Å². The largest absolute Gasteiger partial charge is 3.00 e. The normalized spacial score (nSPS) is 13.3. The molecule has 0 aromatic heterocycles. The van der Waals surface area contributed by atoms with Crippen LogP contribution in [0.25, 0.3) is 0 Å². The van der Waals surface area contributed by atoms with Gasteiger partial charge in [0.05, 0.1) is 0 Å². The van der Waals surface area contributed by atoms with Crippen LogP contribution in [0, 0.1) is 0 Å². The standard InChI is InChI=1S/C8H12.3ClH.Rh/c1-2-4-6-8-7-5-3-1;;;;/h1-4H,5-8H2;3*1H;/q;;;;+3/p-3. The van der Waals surface area contributed by atoms with Gasteiger partial charge in [0.25, 0.3) is 0 Å². The average Bonchev–Trinajstić information content (AvgIpc) is 1.62. The molecular formula is C8H12Cl3Rh. The molecule has 0 heterocycles. The number of rotatable bonds is 0. The molecular weight excluding hydrogens is 305 g/mol. The fourth-order valence-corrected chi connectivity index (χ4v) is 0.874. The summed E-state index contributed by atoms with van der Waals surface area (Å²) in [7, 11) is 0. The minimum atomic E-state index is 0. The predicted octanol–water partition coefficient (Wildman–Crippen LogP) is -6.32. The second kappa shape index (κ2) is 17.9. The molecule has 0 amide bonds. The summed E-state index contributed by atoms with van der Waals surface area (Å²) in [4.78, 5) is 0. The first-order valence-corrected chi connectivity index (χ1v) is 3.32. The van der Waals surface area contributed by atoms with E-state index >= 15 is 0 Å². The third-order valence-electron chi connectivity index (χ3n) is 1.37. The zero-order valence-corrected chi connectivity index (χ0v) is 10.5.